The number of benzene rings is 1. The lowest BCUT2D eigenvalue weighted by molar-refractivity contribution is -0.145. The molecule has 1 unspecified atom stereocenters. The zero-order chi connectivity index (χ0) is 13.9. The van der Waals surface area contributed by atoms with Crippen LogP contribution in [0.1, 0.15) is 19.8 Å². The molecule has 1 atom stereocenters. The third kappa shape index (κ3) is 3.17. The normalized spacial score (nSPS) is 17.6. The Kier molecular flexibility index (Phi) is 3.95. The number of hydrogen-bond donors (Lipinski definition) is 2. The molecule has 5 nitrogen and oxygen atoms in total. The van der Waals surface area contributed by atoms with E-state index in [9.17, 15) is 9.90 Å². The first-order valence-electron chi connectivity index (χ1n) is 6.44. The maximum Gasteiger partial charge on any atom is 0.327 e. The molecule has 0 amide bonds. The quantitative estimate of drug-likeness (QED) is 0.783. The van der Waals surface area contributed by atoms with E-state index in [1.54, 1.807) is 24.3 Å². The molecular weight excluding hydrogens is 246 g/mol. The second kappa shape index (κ2) is 5.48. The van der Waals surface area contributed by atoms with Crippen molar-refractivity contribution in [3.63, 3.8) is 0 Å². The van der Waals surface area contributed by atoms with Crippen LogP contribution in [0.5, 0.6) is 11.5 Å². The van der Waals surface area contributed by atoms with Crippen molar-refractivity contribution in [3.8, 4) is 11.5 Å². The van der Waals surface area contributed by atoms with Crippen LogP contribution in [0.3, 0.4) is 0 Å². The van der Waals surface area contributed by atoms with E-state index in [1.807, 2.05) is 6.92 Å². The number of carboxylic acids is 1. The van der Waals surface area contributed by atoms with Gasteiger partial charge >= 0.3 is 5.97 Å². The Morgan fingerprint density at radius 2 is 1.84 bits per heavy atom. The van der Waals surface area contributed by atoms with E-state index in [4.69, 9.17) is 15.2 Å². The molecule has 3 N–H and O–H groups in total. The van der Waals surface area contributed by atoms with Crippen molar-refractivity contribution in [1.82, 2.24) is 0 Å². The van der Waals surface area contributed by atoms with Crippen molar-refractivity contribution < 1.29 is 19.4 Å². The largest absolute Gasteiger partial charge is 0.494 e. The highest BCUT2D eigenvalue weighted by Gasteiger charge is 2.49. The summed E-state index contributed by atoms with van der Waals surface area (Å²) < 4.78 is 10.8. The van der Waals surface area contributed by atoms with E-state index in [0.29, 0.717) is 12.4 Å². The lowest BCUT2D eigenvalue weighted by Gasteiger charge is -2.24. The topological polar surface area (TPSA) is 81.8 Å². The van der Waals surface area contributed by atoms with Gasteiger partial charge in [0.25, 0.3) is 0 Å². The van der Waals surface area contributed by atoms with Gasteiger partial charge in [-0.05, 0) is 49.9 Å². The van der Waals surface area contributed by atoms with Crippen LogP contribution in [0.4, 0.5) is 0 Å². The van der Waals surface area contributed by atoms with Gasteiger partial charge in [0.15, 0.2) is 5.54 Å². The van der Waals surface area contributed by atoms with Crippen LogP contribution in [0.2, 0.25) is 0 Å². The predicted octanol–water partition coefficient (Wildman–Crippen LogP) is 1.66. The summed E-state index contributed by atoms with van der Waals surface area (Å²) in [5, 5.41) is 9.21. The Bertz CT molecular complexity index is 441. The second-order valence-electron chi connectivity index (χ2n) is 4.81. The molecule has 0 aliphatic heterocycles. The van der Waals surface area contributed by atoms with E-state index in [0.717, 1.165) is 18.6 Å². The third-order valence-corrected chi connectivity index (χ3v) is 3.32. The lowest BCUT2D eigenvalue weighted by atomic mass is 9.96. The molecule has 1 fully saturated rings. The average molecular weight is 265 g/mol. The van der Waals surface area contributed by atoms with E-state index in [2.05, 4.69) is 0 Å². The van der Waals surface area contributed by atoms with Crippen LogP contribution in [-0.4, -0.2) is 29.8 Å². The Labute approximate surface area is 112 Å². The summed E-state index contributed by atoms with van der Waals surface area (Å²) in [7, 11) is 0. The van der Waals surface area contributed by atoms with Crippen molar-refractivity contribution in [1.29, 1.82) is 0 Å². The summed E-state index contributed by atoms with van der Waals surface area (Å²) in [6, 6.07) is 7.07. The van der Waals surface area contributed by atoms with E-state index >= 15 is 0 Å². The molecule has 1 aromatic carbocycles. The van der Waals surface area contributed by atoms with Crippen molar-refractivity contribution in [3.05, 3.63) is 24.3 Å². The SMILES string of the molecule is CCOc1ccc(OCC(N)(C(=O)O)C2CC2)cc1. The molecule has 1 aliphatic carbocycles. The molecular formula is C14H19NO4. The van der Waals surface area contributed by atoms with Crippen LogP contribution in [0.15, 0.2) is 24.3 Å². The fourth-order valence-corrected chi connectivity index (χ4v) is 1.95. The first-order chi connectivity index (χ1) is 9.06. The molecule has 104 valence electrons. The van der Waals surface area contributed by atoms with E-state index in [1.165, 1.54) is 0 Å². The molecule has 0 spiro atoms. The fraction of sp³-hybridized carbons (Fsp3) is 0.500. The molecule has 0 saturated heterocycles. The van der Waals surface area contributed by atoms with Gasteiger partial charge in [0, 0.05) is 0 Å². The number of carbonyl (C=O) groups is 1. The Balaban J connectivity index is 1.95. The number of rotatable bonds is 7. The standard InChI is InChI=1S/C14H19NO4/c1-2-18-11-5-7-12(8-6-11)19-9-14(15,13(16)17)10-3-4-10/h5-8,10H,2-4,9,15H2,1H3,(H,16,17). The van der Waals surface area contributed by atoms with Crippen LogP contribution in [0, 0.1) is 5.92 Å². The zero-order valence-electron chi connectivity index (χ0n) is 11.0. The van der Waals surface area contributed by atoms with Crippen molar-refractivity contribution >= 4 is 5.97 Å². The van der Waals surface area contributed by atoms with Gasteiger partial charge in [-0.1, -0.05) is 0 Å². The van der Waals surface area contributed by atoms with Gasteiger partial charge < -0.3 is 20.3 Å². The molecule has 2 rings (SSSR count). The first kappa shape index (κ1) is 13.7. The molecule has 5 heteroatoms. The minimum atomic E-state index is -1.28. The number of carboxylic acid groups (broad SMARTS) is 1. The highest BCUT2D eigenvalue weighted by molar-refractivity contribution is 5.79. The highest BCUT2D eigenvalue weighted by atomic mass is 16.5. The molecule has 0 heterocycles. The number of hydrogen-bond acceptors (Lipinski definition) is 4. The maximum atomic E-state index is 11.2. The smallest absolute Gasteiger partial charge is 0.327 e. The monoisotopic (exact) mass is 265 g/mol. The summed E-state index contributed by atoms with van der Waals surface area (Å²) in [4.78, 5) is 11.2. The van der Waals surface area contributed by atoms with Gasteiger partial charge in [-0.3, -0.25) is 4.79 Å². The second-order valence-corrected chi connectivity index (χ2v) is 4.81. The van der Waals surface area contributed by atoms with Crippen molar-refractivity contribution in [2.24, 2.45) is 11.7 Å². The van der Waals surface area contributed by atoms with Crippen LogP contribution >= 0.6 is 0 Å². The molecule has 0 radical (unpaired) electrons. The molecule has 1 saturated carbocycles. The number of ether oxygens (including phenoxy) is 2. The van der Waals surface area contributed by atoms with Gasteiger partial charge in [0.1, 0.15) is 18.1 Å². The fourth-order valence-electron chi connectivity index (χ4n) is 1.95. The van der Waals surface area contributed by atoms with Crippen LogP contribution in [0.25, 0.3) is 0 Å². The van der Waals surface area contributed by atoms with E-state index < -0.39 is 11.5 Å². The number of nitrogens with two attached hydrogens (primary N) is 1. The Hall–Kier alpha value is -1.75. The summed E-state index contributed by atoms with van der Waals surface area (Å²) in [6.07, 6.45) is 1.71. The molecule has 0 aromatic heterocycles. The van der Waals surface area contributed by atoms with Gasteiger partial charge in [0.2, 0.25) is 0 Å². The van der Waals surface area contributed by atoms with Crippen LogP contribution < -0.4 is 15.2 Å². The zero-order valence-corrected chi connectivity index (χ0v) is 11.0. The summed E-state index contributed by atoms with van der Waals surface area (Å²) in [5.74, 6) is 0.378. The van der Waals surface area contributed by atoms with Crippen LogP contribution in [-0.2, 0) is 4.79 Å². The summed E-state index contributed by atoms with van der Waals surface area (Å²) >= 11 is 0. The minimum absolute atomic E-state index is 0.0129. The van der Waals surface area contributed by atoms with E-state index in [-0.39, 0.29) is 12.5 Å². The minimum Gasteiger partial charge on any atom is -0.494 e. The molecule has 1 aromatic rings. The van der Waals surface area contributed by atoms with Gasteiger partial charge in [-0.2, -0.15) is 0 Å². The van der Waals surface area contributed by atoms with Crippen molar-refractivity contribution in [2.45, 2.75) is 25.3 Å². The maximum absolute atomic E-state index is 11.2. The van der Waals surface area contributed by atoms with Gasteiger partial charge in [0.05, 0.1) is 6.61 Å². The molecule has 0 bridgehead atoms. The highest BCUT2D eigenvalue weighted by Crippen LogP contribution is 2.38. The van der Waals surface area contributed by atoms with Gasteiger partial charge in [-0.15, -0.1) is 0 Å². The lowest BCUT2D eigenvalue weighted by Crippen LogP contribution is -2.54. The first-order valence-corrected chi connectivity index (χ1v) is 6.44. The Morgan fingerprint density at radius 3 is 2.26 bits per heavy atom. The summed E-state index contributed by atoms with van der Waals surface area (Å²) in [6.45, 7) is 2.50. The third-order valence-electron chi connectivity index (χ3n) is 3.32. The molecule has 19 heavy (non-hydrogen) atoms. The summed E-state index contributed by atoms with van der Waals surface area (Å²) in [5.41, 5.74) is 4.64. The predicted molar refractivity (Wildman–Crippen MR) is 70.4 cm³/mol. The average Bonchev–Trinajstić information content (AvgIpc) is 3.22. The molecule has 1 aliphatic rings. The van der Waals surface area contributed by atoms with Crippen molar-refractivity contribution in [2.75, 3.05) is 13.2 Å². The van der Waals surface area contributed by atoms with Gasteiger partial charge in [-0.25, -0.2) is 0 Å². The number of aliphatic carboxylic acids is 1. The Morgan fingerprint density at radius 1 is 1.32 bits per heavy atom.